The molecule has 0 aliphatic heterocycles. The quantitative estimate of drug-likeness (QED) is 0.432. The highest BCUT2D eigenvalue weighted by Gasteiger charge is 2.18. The average molecular weight is 448 g/mol. The Labute approximate surface area is 189 Å². The molecule has 4 aromatic rings. The molecule has 2 heterocycles. The minimum Gasteiger partial charge on any atom is -0.325 e. The SMILES string of the molecule is CCCCn1c(=O)c2ccccc2n2c(SCC(=O)Nc3ccc4c(c3)CCC4)nnc12. The van der Waals surface area contributed by atoms with Crippen molar-refractivity contribution < 1.29 is 4.79 Å². The first kappa shape index (κ1) is 20.8. The molecule has 1 aliphatic rings. The van der Waals surface area contributed by atoms with Gasteiger partial charge in [-0.3, -0.25) is 18.6 Å². The lowest BCUT2D eigenvalue weighted by molar-refractivity contribution is -0.113. The highest BCUT2D eigenvalue weighted by molar-refractivity contribution is 7.99. The van der Waals surface area contributed by atoms with Crippen LogP contribution in [-0.4, -0.2) is 30.8 Å². The van der Waals surface area contributed by atoms with Gasteiger partial charge in [-0.1, -0.05) is 43.3 Å². The zero-order chi connectivity index (χ0) is 22.1. The molecule has 2 aromatic carbocycles. The van der Waals surface area contributed by atoms with Gasteiger partial charge in [-0.2, -0.15) is 0 Å². The molecular formula is C24H25N5O2S. The van der Waals surface area contributed by atoms with E-state index in [4.69, 9.17) is 0 Å². The van der Waals surface area contributed by atoms with E-state index < -0.39 is 0 Å². The molecule has 1 aliphatic carbocycles. The van der Waals surface area contributed by atoms with Crippen LogP contribution in [0.15, 0.2) is 52.4 Å². The van der Waals surface area contributed by atoms with Crippen molar-refractivity contribution in [3.05, 3.63) is 63.9 Å². The fourth-order valence-electron chi connectivity index (χ4n) is 4.32. The van der Waals surface area contributed by atoms with Gasteiger partial charge < -0.3 is 5.32 Å². The van der Waals surface area contributed by atoms with Gasteiger partial charge in [0.15, 0.2) is 5.16 Å². The third-order valence-electron chi connectivity index (χ3n) is 5.93. The molecule has 0 saturated carbocycles. The Kier molecular flexibility index (Phi) is 5.70. The summed E-state index contributed by atoms with van der Waals surface area (Å²) in [6.45, 7) is 2.68. The number of nitrogens with zero attached hydrogens (tertiary/aromatic N) is 4. The molecule has 7 nitrogen and oxygen atoms in total. The molecule has 0 fully saturated rings. The minimum atomic E-state index is -0.0895. The van der Waals surface area contributed by atoms with E-state index in [0.717, 1.165) is 36.9 Å². The number of para-hydroxylation sites is 1. The topological polar surface area (TPSA) is 81.3 Å². The summed E-state index contributed by atoms with van der Waals surface area (Å²) < 4.78 is 3.58. The number of nitrogens with one attached hydrogen (secondary N) is 1. The van der Waals surface area contributed by atoms with Crippen molar-refractivity contribution in [2.45, 2.75) is 50.7 Å². The van der Waals surface area contributed by atoms with Gasteiger partial charge in [-0.15, -0.1) is 10.2 Å². The Balaban J connectivity index is 1.41. The number of benzene rings is 2. The number of aromatic nitrogens is 4. The molecule has 0 saturated heterocycles. The molecule has 0 atom stereocenters. The monoisotopic (exact) mass is 447 g/mol. The van der Waals surface area contributed by atoms with Gasteiger partial charge in [0.1, 0.15) is 0 Å². The third-order valence-corrected chi connectivity index (χ3v) is 6.86. The second-order valence-electron chi connectivity index (χ2n) is 8.12. The van der Waals surface area contributed by atoms with Gasteiger partial charge in [0, 0.05) is 12.2 Å². The van der Waals surface area contributed by atoms with E-state index in [-0.39, 0.29) is 17.2 Å². The van der Waals surface area contributed by atoms with E-state index >= 15 is 0 Å². The van der Waals surface area contributed by atoms with Crippen LogP contribution in [0.5, 0.6) is 0 Å². The van der Waals surface area contributed by atoms with Gasteiger partial charge in [0.25, 0.3) is 5.56 Å². The molecule has 0 spiro atoms. The lowest BCUT2D eigenvalue weighted by atomic mass is 10.1. The van der Waals surface area contributed by atoms with E-state index in [1.165, 1.54) is 29.3 Å². The van der Waals surface area contributed by atoms with Gasteiger partial charge >= 0.3 is 0 Å². The number of fused-ring (bicyclic) bond motifs is 4. The van der Waals surface area contributed by atoms with Crippen LogP contribution in [0.1, 0.15) is 37.3 Å². The number of unbranched alkanes of at least 4 members (excludes halogenated alkanes) is 1. The summed E-state index contributed by atoms with van der Waals surface area (Å²) in [5, 5.41) is 12.8. The first-order valence-electron chi connectivity index (χ1n) is 11.1. The molecule has 8 heteroatoms. The molecule has 1 N–H and O–H groups in total. The maximum absolute atomic E-state index is 13.0. The fourth-order valence-corrected chi connectivity index (χ4v) is 5.06. The first-order valence-corrected chi connectivity index (χ1v) is 12.1. The van der Waals surface area contributed by atoms with E-state index in [1.807, 2.05) is 34.7 Å². The summed E-state index contributed by atoms with van der Waals surface area (Å²) in [6, 6.07) is 13.6. The summed E-state index contributed by atoms with van der Waals surface area (Å²) in [6.07, 6.45) is 5.24. The lowest BCUT2D eigenvalue weighted by Gasteiger charge is -2.11. The Bertz CT molecular complexity index is 1370. The number of hydrogen-bond donors (Lipinski definition) is 1. The molecular weight excluding hydrogens is 422 g/mol. The van der Waals surface area contributed by atoms with Gasteiger partial charge in [0.05, 0.1) is 16.7 Å². The van der Waals surface area contributed by atoms with Gasteiger partial charge in [0.2, 0.25) is 11.7 Å². The molecule has 0 bridgehead atoms. The molecule has 164 valence electrons. The maximum atomic E-state index is 13.0. The number of thioether (sulfide) groups is 1. The number of amides is 1. The maximum Gasteiger partial charge on any atom is 0.262 e. The Morgan fingerprint density at radius 1 is 1.12 bits per heavy atom. The predicted octanol–water partition coefficient (Wildman–Crippen LogP) is 4.06. The van der Waals surface area contributed by atoms with E-state index in [2.05, 4.69) is 34.6 Å². The van der Waals surface area contributed by atoms with Crippen LogP contribution in [0.25, 0.3) is 16.7 Å². The van der Waals surface area contributed by atoms with Crippen molar-refractivity contribution in [1.29, 1.82) is 0 Å². The van der Waals surface area contributed by atoms with Gasteiger partial charge in [-0.25, -0.2) is 0 Å². The number of aryl methyl sites for hydroxylation is 3. The fraction of sp³-hybridized carbons (Fsp3) is 0.333. The standard InChI is InChI=1S/C24H25N5O2S/c1-2-3-13-28-22(31)19-9-4-5-10-20(19)29-23(28)26-27-24(29)32-15-21(30)25-18-12-11-16-7-6-8-17(16)14-18/h4-5,9-12,14H,2-3,6-8,13,15H2,1H3,(H,25,30). The Morgan fingerprint density at radius 2 is 1.97 bits per heavy atom. The zero-order valence-electron chi connectivity index (χ0n) is 18.0. The second-order valence-corrected chi connectivity index (χ2v) is 9.06. The highest BCUT2D eigenvalue weighted by Crippen LogP contribution is 2.26. The molecule has 32 heavy (non-hydrogen) atoms. The van der Waals surface area contributed by atoms with Crippen LogP contribution in [0.3, 0.4) is 0 Å². The van der Waals surface area contributed by atoms with Crippen LogP contribution in [0, 0.1) is 0 Å². The highest BCUT2D eigenvalue weighted by atomic mass is 32.2. The van der Waals surface area contributed by atoms with E-state index in [1.54, 1.807) is 4.57 Å². The largest absolute Gasteiger partial charge is 0.325 e. The predicted molar refractivity (Wildman–Crippen MR) is 127 cm³/mol. The van der Waals surface area contributed by atoms with Crippen molar-refractivity contribution in [3.63, 3.8) is 0 Å². The van der Waals surface area contributed by atoms with Crippen molar-refractivity contribution >= 4 is 40.0 Å². The molecule has 5 rings (SSSR count). The zero-order valence-corrected chi connectivity index (χ0v) is 18.8. The number of carbonyl (C=O) groups is 1. The molecule has 1 amide bonds. The molecule has 0 radical (unpaired) electrons. The van der Waals surface area contributed by atoms with E-state index in [0.29, 0.717) is 22.9 Å². The van der Waals surface area contributed by atoms with Crippen molar-refractivity contribution in [1.82, 2.24) is 19.2 Å². The first-order chi connectivity index (χ1) is 15.7. The van der Waals surface area contributed by atoms with Crippen LogP contribution in [-0.2, 0) is 24.2 Å². The number of carbonyl (C=O) groups excluding carboxylic acids is 1. The third kappa shape index (κ3) is 3.79. The summed E-state index contributed by atoms with van der Waals surface area (Å²) in [7, 11) is 0. The lowest BCUT2D eigenvalue weighted by Crippen LogP contribution is -2.23. The summed E-state index contributed by atoms with van der Waals surface area (Å²) in [5.41, 5.74) is 4.25. The minimum absolute atomic E-state index is 0.0557. The van der Waals surface area contributed by atoms with Crippen LogP contribution in [0.2, 0.25) is 0 Å². The Hall–Kier alpha value is -3.13. The van der Waals surface area contributed by atoms with Crippen LogP contribution < -0.4 is 10.9 Å². The van der Waals surface area contributed by atoms with Crippen molar-refractivity contribution in [2.24, 2.45) is 0 Å². The average Bonchev–Trinajstić information content (AvgIpc) is 3.44. The number of rotatable bonds is 7. The summed E-state index contributed by atoms with van der Waals surface area (Å²) in [5.74, 6) is 0.636. The number of anilines is 1. The summed E-state index contributed by atoms with van der Waals surface area (Å²) >= 11 is 1.32. The normalized spacial score (nSPS) is 13.0. The van der Waals surface area contributed by atoms with Crippen molar-refractivity contribution in [2.75, 3.05) is 11.1 Å². The Morgan fingerprint density at radius 3 is 2.84 bits per heavy atom. The van der Waals surface area contributed by atoms with Crippen LogP contribution in [0.4, 0.5) is 5.69 Å². The van der Waals surface area contributed by atoms with Crippen LogP contribution >= 0.6 is 11.8 Å². The summed E-state index contributed by atoms with van der Waals surface area (Å²) in [4.78, 5) is 25.6. The molecule has 2 aromatic heterocycles. The molecule has 0 unspecified atom stereocenters. The second kappa shape index (κ2) is 8.78. The van der Waals surface area contributed by atoms with Gasteiger partial charge in [-0.05, 0) is 61.1 Å². The van der Waals surface area contributed by atoms with E-state index in [9.17, 15) is 9.59 Å². The smallest absolute Gasteiger partial charge is 0.262 e. The van der Waals surface area contributed by atoms with Crippen molar-refractivity contribution in [3.8, 4) is 0 Å². The number of hydrogen-bond acceptors (Lipinski definition) is 5.